The molecule has 0 saturated carbocycles. The van der Waals surface area contributed by atoms with Crippen LogP contribution in [0.1, 0.15) is 49.9 Å². The van der Waals surface area contributed by atoms with Crippen LogP contribution >= 0.6 is 0 Å². The van der Waals surface area contributed by atoms with E-state index in [2.05, 4.69) is 25.9 Å². The number of halogens is 3. The number of hydrogen-bond acceptors (Lipinski definition) is 4. The summed E-state index contributed by atoms with van der Waals surface area (Å²) in [5.74, 6) is 0. The number of aliphatic hydroxyl groups is 3. The minimum absolute atomic E-state index is 0.0250. The molecule has 0 saturated heterocycles. The SMILES string of the molecule is CC(C)(C)CCc1cc(-c2cnn(C(CO)CO)c2)c2c(c1)C(O)(C(F)(F)F)c1ccccc1-2. The molecule has 0 fully saturated rings. The first-order valence-electron chi connectivity index (χ1n) is 11.2. The second kappa shape index (κ2) is 8.52. The summed E-state index contributed by atoms with van der Waals surface area (Å²) in [5.41, 5.74) is -1.13. The maximum atomic E-state index is 14.4. The molecule has 0 bridgehead atoms. The number of aromatic nitrogens is 2. The molecule has 0 spiro atoms. The average molecular weight is 475 g/mol. The monoisotopic (exact) mass is 474 g/mol. The number of aliphatic hydroxyl groups excluding tert-OH is 2. The van der Waals surface area contributed by atoms with E-state index in [-0.39, 0.29) is 29.8 Å². The van der Waals surface area contributed by atoms with Gasteiger partial charge in [0.1, 0.15) is 0 Å². The number of alkyl halides is 3. The van der Waals surface area contributed by atoms with E-state index in [4.69, 9.17) is 0 Å². The van der Waals surface area contributed by atoms with Crippen LogP contribution in [0, 0.1) is 5.41 Å². The first-order valence-corrected chi connectivity index (χ1v) is 11.2. The van der Waals surface area contributed by atoms with E-state index in [9.17, 15) is 28.5 Å². The zero-order valence-corrected chi connectivity index (χ0v) is 19.4. The number of aryl methyl sites for hydroxylation is 1. The molecule has 1 atom stereocenters. The molecule has 5 nitrogen and oxygen atoms in total. The number of rotatable bonds is 6. The van der Waals surface area contributed by atoms with E-state index in [1.165, 1.54) is 29.1 Å². The minimum atomic E-state index is -4.92. The summed E-state index contributed by atoms with van der Waals surface area (Å²) in [5, 5.41) is 34.5. The van der Waals surface area contributed by atoms with Gasteiger partial charge in [-0.2, -0.15) is 18.3 Å². The Bertz CT molecular complexity index is 1190. The molecular weight excluding hydrogens is 445 g/mol. The first kappa shape index (κ1) is 24.4. The summed E-state index contributed by atoms with van der Waals surface area (Å²) in [6, 6.07) is 8.73. The van der Waals surface area contributed by atoms with Crippen molar-refractivity contribution in [3.8, 4) is 22.3 Å². The zero-order valence-electron chi connectivity index (χ0n) is 19.4. The Morgan fingerprint density at radius 2 is 1.68 bits per heavy atom. The molecule has 1 aliphatic carbocycles. The third kappa shape index (κ3) is 4.04. The van der Waals surface area contributed by atoms with Gasteiger partial charge in [-0.3, -0.25) is 4.68 Å². The van der Waals surface area contributed by atoms with Crippen LogP contribution in [0.2, 0.25) is 0 Å². The molecule has 3 aromatic rings. The van der Waals surface area contributed by atoms with Crippen molar-refractivity contribution in [1.82, 2.24) is 9.78 Å². The van der Waals surface area contributed by atoms with Gasteiger partial charge in [-0.25, -0.2) is 0 Å². The predicted molar refractivity (Wildman–Crippen MR) is 123 cm³/mol. The molecule has 1 aromatic heterocycles. The van der Waals surface area contributed by atoms with Gasteiger partial charge in [-0.1, -0.05) is 57.2 Å². The summed E-state index contributed by atoms with van der Waals surface area (Å²) in [7, 11) is 0. The second-order valence-electron chi connectivity index (χ2n) is 10.1. The van der Waals surface area contributed by atoms with Gasteiger partial charge in [-0.05, 0) is 40.5 Å². The van der Waals surface area contributed by atoms with Crippen LogP contribution in [0.5, 0.6) is 0 Å². The molecule has 8 heteroatoms. The summed E-state index contributed by atoms with van der Waals surface area (Å²) in [4.78, 5) is 0. The van der Waals surface area contributed by atoms with E-state index >= 15 is 0 Å². The van der Waals surface area contributed by atoms with Gasteiger partial charge >= 0.3 is 6.18 Å². The molecule has 0 aliphatic heterocycles. The third-order valence-electron chi connectivity index (χ3n) is 6.46. The first-order chi connectivity index (χ1) is 15.9. The van der Waals surface area contributed by atoms with Crippen molar-refractivity contribution in [3.05, 3.63) is 65.5 Å². The Morgan fingerprint density at radius 1 is 1.00 bits per heavy atom. The molecule has 1 heterocycles. The van der Waals surface area contributed by atoms with Crippen molar-refractivity contribution < 1.29 is 28.5 Å². The molecule has 1 unspecified atom stereocenters. The van der Waals surface area contributed by atoms with Crippen molar-refractivity contribution in [2.45, 2.75) is 51.4 Å². The molecule has 2 aromatic carbocycles. The fourth-order valence-corrected chi connectivity index (χ4v) is 4.54. The minimum Gasteiger partial charge on any atom is -0.394 e. The van der Waals surface area contributed by atoms with Gasteiger partial charge in [0.05, 0.1) is 25.5 Å². The van der Waals surface area contributed by atoms with E-state index in [0.717, 1.165) is 6.42 Å². The highest BCUT2D eigenvalue weighted by Crippen LogP contribution is 2.57. The predicted octanol–water partition coefficient (Wildman–Crippen LogP) is 4.83. The Hall–Kier alpha value is -2.68. The zero-order chi connectivity index (χ0) is 24.9. The van der Waals surface area contributed by atoms with Crippen LogP contribution in [0.4, 0.5) is 13.2 Å². The van der Waals surface area contributed by atoms with Gasteiger partial charge in [0.2, 0.25) is 5.60 Å². The molecule has 3 N–H and O–H groups in total. The largest absolute Gasteiger partial charge is 0.425 e. The smallest absolute Gasteiger partial charge is 0.394 e. The van der Waals surface area contributed by atoms with Gasteiger partial charge in [0.25, 0.3) is 0 Å². The maximum absolute atomic E-state index is 14.4. The third-order valence-corrected chi connectivity index (χ3v) is 6.46. The lowest BCUT2D eigenvalue weighted by molar-refractivity contribution is -0.246. The molecule has 0 amide bonds. The highest BCUT2D eigenvalue weighted by Gasteiger charge is 2.61. The Balaban J connectivity index is 1.98. The molecule has 34 heavy (non-hydrogen) atoms. The highest BCUT2D eigenvalue weighted by molar-refractivity contribution is 5.92. The summed E-state index contributed by atoms with van der Waals surface area (Å²) >= 11 is 0. The summed E-state index contributed by atoms with van der Waals surface area (Å²) in [6.07, 6.45) is -0.517. The van der Waals surface area contributed by atoms with Crippen molar-refractivity contribution in [2.24, 2.45) is 5.41 Å². The molecule has 1 aliphatic rings. The standard InChI is InChI=1S/C26H29F3N2O3/c1-24(2,3)9-8-16-10-20(17-12-30-31(13-17)18(14-32)15-33)23-19-6-4-5-7-21(19)25(34,22(23)11-16)26(27,28)29/h4-7,10-13,18,32-34H,8-9,14-15H2,1-3H3. The Kier molecular flexibility index (Phi) is 6.12. The molecule has 4 rings (SSSR count). The van der Waals surface area contributed by atoms with Crippen molar-refractivity contribution in [3.63, 3.8) is 0 Å². The van der Waals surface area contributed by atoms with Crippen LogP contribution in [0.25, 0.3) is 22.3 Å². The van der Waals surface area contributed by atoms with Crippen LogP contribution in [-0.2, 0) is 12.0 Å². The normalized spacial score (nSPS) is 17.8. The van der Waals surface area contributed by atoms with Gasteiger partial charge in [-0.15, -0.1) is 0 Å². The number of benzene rings is 2. The number of nitrogens with zero attached hydrogens (tertiary/aromatic N) is 2. The van der Waals surface area contributed by atoms with Crippen molar-refractivity contribution in [1.29, 1.82) is 0 Å². The van der Waals surface area contributed by atoms with E-state index in [0.29, 0.717) is 34.2 Å². The number of hydrogen-bond donors (Lipinski definition) is 3. The lowest BCUT2D eigenvalue weighted by Crippen LogP contribution is -2.41. The molecule has 182 valence electrons. The van der Waals surface area contributed by atoms with Crippen LogP contribution in [0.3, 0.4) is 0 Å². The molecular formula is C26H29F3N2O3. The quantitative estimate of drug-likeness (QED) is 0.478. The van der Waals surface area contributed by atoms with Crippen LogP contribution in [-0.4, -0.2) is 44.5 Å². The van der Waals surface area contributed by atoms with Crippen molar-refractivity contribution in [2.75, 3.05) is 13.2 Å². The van der Waals surface area contributed by atoms with Crippen LogP contribution in [0.15, 0.2) is 48.8 Å². The lowest BCUT2D eigenvalue weighted by Gasteiger charge is -2.29. The number of fused-ring (bicyclic) bond motifs is 3. The summed E-state index contributed by atoms with van der Waals surface area (Å²) < 4.78 is 44.7. The molecule has 0 radical (unpaired) electrons. The topological polar surface area (TPSA) is 78.5 Å². The second-order valence-corrected chi connectivity index (χ2v) is 10.1. The van der Waals surface area contributed by atoms with E-state index in [1.807, 2.05) is 6.07 Å². The maximum Gasteiger partial charge on any atom is 0.425 e. The fraction of sp³-hybridized carbons (Fsp3) is 0.423. The van der Waals surface area contributed by atoms with Gasteiger partial charge < -0.3 is 15.3 Å². The van der Waals surface area contributed by atoms with Crippen molar-refractivity contribution >= 4 is 0 Å². The van der Waals surface area contributed by atoms with Gasteiger partial charge in [0.15, 0.2) is 0 Å². The summed E-state index contributed by atoms with van der Waals surface area (Å²) in [6.45, 7) is 5.53. The lowest BCUT2D eigenvalue weighted by atomic mass is 9.84. The van der Waals surface area contributed by atoms with Gasteiger partial charge in [0, 0.05) is 22.9 Å². The van der Waals surface area contributed by atoms with Crippen LogP contribution < -0.4 is 0 Å². The Labute approximate surface area is 196 Å². The fourth-order valence-electron chi connectivity index (χ4n) is 4.54. The van der Waals surface area contributed by atoms with E-state index in [1.54, 1.807) is 18.3 Å². The Morgan fingerprint density at radius 3 is 2.29 bits per heavy atom. The average Bonchev–Trinajstić information content (AvgIpc) is 3.35. The highest BCUT2D eigenvalue weighted by atomic mass is 19.4. The van der Waals surface area contributed by atoms with E-state index < -0.39 is 17.8 Å².